The Kier molecular flexibility index (Phi) is 4.67. The first-order valence-corrected chi connectivity index (χ1v) is 7.25. The summed E-state index contributed by atoms with van der Waals surface area (Å²) in [5.41, 5.74) is 2.98. The van der Waals surface area contributed by atoms with Gasteiger partial charge in [0.1, 0.15) is 0 Å². The summed E-state index contributed by atoms with van der Waals surface area (Å²) >= 11 is 12.3. The highest BCUT2D eigenvalue weighted by Gasteiger charge is 2.09. The number of aryl methyl sites for hydroxylation is 1. The third-order valence-corrected chi connectivity index (χ3v) is 3.81. The fraction of sp³-hybridized carbons (Fsp3) is 0.400. The Morgan fingerprint density at radius 2 is 2.00 bits per heavy atom. The van der Waals surface area contributed by atoms with Crippen molar-refractivity contribution in [2.45, 2.75) is 39.8 Å². The second-order valence-corrected chi connectivity index (χ2v) is 5.74. The van der Waals surface area contributed by atoms with Crippen molar-refractivity contribution in [1.29, 1.82) is 0 Å². The Morgan fingerprint density at radius 3 is 2.68 bits per heavy atom. The van der Waals surface area contributed by atoms with E-state index in [1.54, 1.807) is 6.07 Å². The van der Waals surface area contributed by atoms with E-state index in [9.17, 15) is 0 Å². The van der Waals surface area contributed by atoms with Crippen LogP contribution in [0.4, 0.5) is 0 Å². The van der Waals surface area contributed by atoms with Gasteiger partial charge in [-0.1, -0.05) is 30.1 Å². The lowest BCUT2D eigenvalue weighted by Crippen LogP contribution is -2.24. The third kappa shape index (κ3) is 3.38. The van der Waals surface area contributed by atoms with E-state index in [0.29, 0.717) is 16.1 Å². The number of aromatic nitrogens is 1. The molecule has 1 heterocycles. The Hall–Kier alpha value is -0.830. The highest BCUT2D eigenvalue weighted by molar-refractivity contribution is 6.38. The van der Waals surface area contributed by atoms with Crippen LogP contribution in [0.2, 0.25) is 10.0 Å². The summed E-state index contributed by atoms with van der Waals surface area (Å²) in [6.45, 7) is 7.13. The molecule has 2 aromatic rings. The van der Waals surface area contributed by atoms with Crippen molar-refractivity contribution in [2.24, 2.45) is 0 Å². The minimum absolute atomic E-state index is 0.484. The van der Waals surface area contributed by atoms with Crippen LogP contribution in [0, 0.1) is 6.92 Å². The van der Waals surface area contributed by atoms with Gasteiger partial charge in [0, 0.05) is 28.7 Å². The molecule has 0 saturated carbocycles. The van der Waals surface area contributed by atoms with E-state index in [1.807, 2.05) is 13.0 Å². The monoisotopic (exact) mass is 296 g/mol. The zero-order valence-corrected chi connectivity index (χ0v) is 12.9. The smallest absolute Gasteiger partial charge is 0.0895 e. The highest BCUT2D eigenvalue weighted by Crippen LogP contribution is 2.29. The number of rotatable bonds is 4. The maximum atomic E-state index is 6.23. The standard InChI is InChI=1S/C15H18Cl2N2/c1-4-9(2)18-8-11-5-10(3)19-15-13(11)6-12(16)7-14(15)17/h5-7,9,18H,4,8H2,1-3H3. The van der Waals surface area contributed by atoms with E-state index in [-0.39, 0.29) is 0 Å². The van der Waals surface area contributed by atoms with Crippen molar-refractivity contribution in [3.63, 3.8) is 0 Å². The SMILES string of the molecule is CCC(C)NCc1cc(C)nc2c(Cl)cc(Cl)cc12. The molecule has 0 radical (unpaired) electrons. The number of nitrogens with one attached hydrogen (secondary N) is 1. The summed E-state index contributed by atoms with van der Waals surface area (Å²) < 4.78 is 0. The maximum absolute atomic E-state index is 6.23. The second kappa shape index (κ2) is 6.08. The molecule has 1 unspecified atom stereocenters. The van der Waals surface area contributed by atoms with E-state index < -0.39 is 0 Å². The molecule has 19 heavy (non-hydrogen) atoms. The van der Waals surface area contributed by atoms with Crippen LogP contribution in [0.25, 0.3) is 10.9 Å². The Balaban J connectivity index is 2.47. The lowest BCUT2D eigenvalue weighted by Gasteiger charge is -2.14. The molecule has 2 nitrogen and oxygen atoms in total. The minimum Gasteiger partial charge on any atom is -0.310 e. The first-order chi connectivity index (χ1) is 9.01. The van der Waals surface area contributed by atoms with Crippen LogP contribution in [0.5, 0.6) is 0 Å². The topological polar surface area (TPSA) is 24.9 Å². The lowest BCUT2D eigenvalue weighted by molar-refractivity contribution is 0.535. The average molecular weight is 297 g/mol. The molecular weight excluding hydrogens is 279 g/mol. The van der Waals surface area contributed by atoms with Gasteiger partial charge < -0.3 is 5.32 Å². The molecule has 1 N–H and O–H groups in total. The Labute approximate surface area is 124 Å². The normalized spacial score (nSPS) is 12.9. The Bertz CT molecular complexity index is 596. The van der Waals surface area contributed by atoms with Crippen LogP contribution in [0.3, 0.4) is 0 Å². The van der Waals surface area contributed by atoms with E-state index in [4.69, 9.17) is 23.2 Å². The van der Waals surface area contributed by atoms with Crippen LogP contribution in [0.15, 0.2) is 18.2 Å². The zero-order chi connectivity index (χ0) is 14.0. The van der Waals surface area contributed by atoms with Crippen LogP contribution < -0.4 is 5.32 Å². The predicted octanol–water partition coefficient (Wildman–Crippen LogP) is 4.74. The highest BCUT2D eigenvalue weighted by atomic mass is 35.5. The van der Waals surface area contributed by atoms with Gasteiger partial charge in [0.15, 0.2) is 0 Å². The van der Waals surface area contributed by atoms with E-state index in [0.717, 1.165) is 29.6 Å². The summed E-state index contributed by atoms with van der Waals surface area (Å²) in [7, 11) is 0. The van der Waals surface area contributed by atoms with Gasteiger partial charge in [0.2, 0.25) is 0 Å². The molecule has 1 aromatic heterocycles. The van der Waals surface area contributed by atoms with E-state index in [1.165, 1.54) is 5.56 Å². The molecule has 0 saturated heterocycles. The predicted molar refractivity (Wildman–Crippen MR) is 83.1 cm³/mol. The molecule has 102 valence electrons. The molecule has 0 bridgehead atoms. The van der Waals surface area contributed by atoms with Gasteiger partial charge in [0.05, 0.1) is 10.5 Å². The molecular formula is C15H18Cl2N2. The molecule has 0 aliphatic heterocycles. The summed E-state index contributed by atoms with van der Waals surface area (Å²) in [5.74, 6) is 0. The van der Waals surface area contributed by atoms with Gasteiger partial charge in [0.25, 0.3) is 0 Å². The average Bonchev–Trinajstić information content (AvgIpc) is 2.36. The Morgan fingerprint density at radius 1 is 1.26 bits per heavy atom. The van der Waals surface area contributed by atoms with Gasteiger partial charge in [-0.25, -0.2) is 0 Å². The first-order valence-electron chi connectivity index (χ1n) is 6.50. The molecule has 0 amide bonds. The summed E-state index contributed by atoms with van der Waals surface area (Å²) in [4.78, 5) is 4.51. The van der Waals surface area contributed by atoms with Gasteiger partial charge in [-0.15, -0.1) is 0 Å². The first kappa shape index (κ1) is 14.6. The molecule has 0 aliphatic carbocycles. The van der Waals surface area contributed by atoms with Crippen molar-refractivity contribution >= 4 is 34.1 Å². The van der Waals surface area contributed by atoms with Crippen LogP contribution in [-0.4, -0.2) is 11.0 Å². The van der Waals surface area contributed by atoms with Gasteiger partial charge >= 0.3 is 0 Å². The molecule has 2 rings (SSSR count). The zero-order valence-electron chi connectivity index (χ0n) is 11.4. The fourth-order valence-corrected chi connectivity index (χ4v) is 2.57. The molecule has 1 aromatic carbocycles. The lowest BCUT2D eigenvalue weighted by atomic mass is 10.1. The summed E-state index contributed by atoms with van der Waals surface area (Å²) in [6, 6.07) is 6.25. The summed E-state index contributed by atoms with van der Waals surface area (Å²) in [6.07, 6.45) is 1.10. The number of pyridine rings is 1. The van der Waals surface area contributed by atoms with E-state index >= 15 is 0 Å². The third-order valence-electron chi connectivity index (χ3n) is 3.30. The van der Waals surface area contributed by atoms with E-state index in [2.05, 4.69) is 30.2 Å². The van der Waals surface area contributed by atoms with Gasteiger partial charge in [-0.3, -0.25) is 4.98 Å². The van der Waals surface area contributed by atoms with Crippen LogP contribution in [0.1, 0.15) is 31.5 Å². The van der Waals surface area contributed by atoms with Crippen molar-refractivity contribution in [3.05, 3.63) is 39.5 Å². The molecule has 1 atom stereocenters. The number of hydrogen-bond acceptors (Lipinski definition) is 2. The van der Waals surface area contributed by atoms with Crippen molar-refractivity contribution in [2.75, 3.05) is 0 Å². The molecule has 0 aliphatic rings. The largest absolute Gasteiger partial charge is 0.310 e. The van der Waals surface area contributed by atoms with Crippen molar-refractivity contribution < 1.29 is 0 Å². The number of benzene rings is 1. The quantitative estimate of drug-likeness (QED) is 0.881. The van der Waals surface area contributed by atoms with Crippen LogP contribution in [-0.2, 0) is 6.54 Å². The van der Waals surface area contributed by atoms with Gasteiger partial charge in [-0.05, 0) is 44.0 Å². The number of fused-ring (bicyclic) bond motifs is 1. The molecule has 0 spiro atoms. The summed E-state index contributed by atoms with van der Waals surface area (Å²) in [5, 5.41) is 5.77. The number of halogens is 2. The van der Waals surface area contributed by atoms with Gasteiger partial charge in [-0.2, -0.15) is 0 Å². The van der Waals surface area contributed by atoms with Crippen LogP contribution >= 0.6 is 23.2 Å². The number of nitrogens with zero attached hydrogens (tertiary/aromatic N) is 1. The molecule has 4 heteroatoms. The van der Waals surface area contributed by atoms with Crippen molar-refractivity contribution in [3.8, 4) is 0 Å². The second-order valence-electron chi connectivity index (χ2n) is 4.90. The molecule has 0 fully saturated rings. The maximum Gasteiger partial charge on any atom is 0.0895 e. The minimum atomic E-state index is 0.484. The number of hydrogen-bond donors (Lipinski definition) is 1. The van der Waals surface area contributed by atoms with Crippen molar-refractivity contribution in [1.82, 2.24) is 10.3 Å². The fourth-order valence-electron chi connectivity index (χ4n) is 2.04.